The van der Waals surface area contributed by atoms with Gasteiger partial charge in [-0.2, -0.15) is 0 Å². The van der Waals surface area contributed by atoms with Crippen molar-refractivity contribution in [1.29, 1.82) is 0 Å². The standard InChI is InChI=1S/C16H27NO3/c1-11(2)15-6-7-16(8-9-18,12(15)10-15)17-13(19)20-14(3,4)5/h9,11-12H,6-8,10H2,1-5H3,(H,17,19). The first-order valence-corrected chi connectivity index (χ1v) is 7.60. The molecule has 3 unspecified atom stereocenters. The van der Waals surface area contributed by atoms with E-state index in [1.54, 1.807) is 0 Å². The highest BCUT2D eigenvalue weighted by molar-refractivity contribution is 5.70. The second kappa shape index (κ2) is 4.74. The Labute approximate surface area is 121 Å². The summed E-state index contributed by atoms with van der Waals surface area (Å²) >= 11 is 0. The topological polar surface area (TPSA) is 55.4 Å². The van der Waals surface area contributed by atoms with E-state index in [0.29, 0.717) is 23.7 Å². The van der Waals surface area contributed by atoms with Crippen LogP contribution in [0.4, 0.5) is 4.79 Å². The quantitative estimate of drug-likeness (QED) is 0.804. The van der Waals surface area contributed by atoms with Crippen LogP contribution >= 0.6 is 0 Å². The predicted octanol–water partition coefficient (Wildman–Crippen LogP) is 3.30. The van der Waals surface area contributed by atoms with Gasteiger partial charge in [-0.25, -0.2) is 4.79 Å². The summed E-state index contributed by atoms with van der Waals surface area (Å²) in [7, 11) is 0. The first-order valence-electron chi connectivity index (χ1n) is 7.60. The van der Waals surface area contributed by atoms with E-state index in [4.69, 9.17) is 4.74 Å². The van der Waals surface area contributed by atoms with Gasteiger partial charge in [-0.1, -0.05) is 13.8 Å². The minimum atomic E-state index is -0.510. The van der Waals surface area contributed by atoms with Crippen LogP contribution in [0, 0.1) is 17.3 Å². The molecule has 1 N–H and O–H groups in total. The Bertz CT molecular complexity index is 412. The zero-order valence-corrected chi connectivity index (χ0v) is 13.3. The minimum absolute atomic E-state index is 0.331. The Hall–Kier alpha value is -1.06. The third-order valence-electron chi connectivity index (χ3n) is 5.17. The molecule has 4 heteroatoms. The normalized spacial score (nSPS) is 35.6. The molecule has 114 valence electrons. The first-order chi connectivity index (χ1) is 9.15. The number of ether oxygens (including phenoxy) is 1. The SMILES string of the molecule is CC(C)C12CCC(CC=O)(NC(=O)OC(C)(C)C)C1C2. The summed E-state index contributed by atoms with van der Waals surface area (Å²) < 4.78 is 5.37. The van der Waals surface area contributed by atoms with Crippen LogP contribution in [0.1, 0.15) is 60.3 Å². The molecule has 0 radical (unpaired) electrons. The molecule has 2 fully saturated rings. The molecule has 2 saturated carbocycles. The molecule has 0 aliphatic heterocycles. The van der Waals surface area contributed by atoms with Crippen LogP contribution < -0.4 is 5.32 Å². The fraction of sp³-hybridized carbons (Fsp3) is 0.875. The molecule has 3 atom stereocenters. The number of hydrogen-bond donors (Lipinski definition) is 1. The van der Waals surface area contributed by atoms with Crippen molar-refractivity contribution >= 4 is 12.4 Å². The lowest BCUT2D eigenvalue weighted by Gasteiger charge is -2.32. The van der Waals surface area contributed by atoms with Crippen molar-refractivity contribution in [1.82, 2.24) is 5.32 Å². The number of rotatable bonds is 4. The molecule has 2 rings (SSSR count). The fourth-order valence-corrected chi connectivity index (χ4v) is 4.00. The molecule has 0 aromatic rings. The van der Waals surface area contributed by atoms with E-state index in [0.717, 1.165) is 25.5 Å². The highest BCUT2D eigenvalue weighted by Gasteiger charge is 2.69. The van der Waals surface area contributed by atoms with Gasteiger partial charge in [-0.3, -0.25) is 0 Å². The minimum Gasteiger partial charge on any atom is -0.444 e. The van der Waals surface area contributed by atoms with Gasteiger partial charge in [-0.15, -0.1) is 0 Å². The summed E-state index contributed by atoms with van der Waals surface area (Å²) in [4.78, 5) is 23.2. The van der Waals surface area contributed by atoms with Crippen molar-refractivity contribution in [2.24, 2.45) is 17.3 Å². The molecule has 2 aliphatic rings. The molecule has 4 nitrogen and oxygen atoms in total. The lowest BCUT2D eigenvalue weighted by Crippen LogP contribution is -2.51. The summed E-state index contributed by atoms with van der Waals surface area (Å²) in [6.45, 7) is 10.0. The number of hydrogen-bond acceptors (Lipinski definition) is 3. The zero-order chi connectivity index (χ0) is 15.2. The van der Waals surface area contributed by atoms with E-state index in [1.165, 1.54) is 0 Å². The van der Waals surface area contributed by atoms with Crippen LogP contribution in [0.25, 0.3) is 0 Å². The summed E-state index contributed by atoms with van der Waals surface area (Å²) in [5.41, 5.74) is -0.559. The van der Waals surface area contributed by atoms with Crippen molar-refractivity contribution < 1.29 is 14.3 Å². The maximum Gasteiger partial charge on any atom is 0.408 e. The van der Waals surface area contributed by atoms with Gasteiger partial charge in [0.2, 0.25) is 0 Å². The van der Waals surface area contributed by atoms with E-state index in [1.807, 2.05) is 20.8 Å². The van der Waals surface area contributed by atoms with Crippen LogP contribution in [0.15, 0.2) is 0 Å². The smallest absolute Gasteiger partial charge is 0.408 e. The van der Waals surface area contributed by atoms with E-state index >= 15 is 0 Å². The van der Waals surface area contributed by atoms with Crippen molar-refractivity contribution in [3.63, 3.8) is 0 Å². The Morgan fingerprint density at radius 3 is 2.45 bits per heavy atom. The fourth-order valence-electron chi connectivity index (χ4n) is 4.00. The molecule has 1 amide bonds. The summed E-state index contributed by atoms with van der Waals surface area (Å²) in [6, 6.07) is 0. The van der Waals surface area contributed by atoms with Gasteiger partial charge < -0.3 is 14.8 Å². The van der Waals surface area contributed by atoms with E-state index < -0.39 is 11.7 Å². The predicted molar refractivity (Wildman–Crippen MR) is 77.4 cm³/mol. The molecule has 0 bridgehead atoms. The number of carbonyl (C=O) groups excluding carboxylic acids is 2. The van der Waals surface area contributed by atoms with Gasteiger partial charge in [0.25, 0.3) is 0 Å². The third-order valence-corrected chi connectivity index (χ3v) is 5.17. The van der Waals surface area contributed by atoms with Gasteiger partial charge in [0.05, 0.1) is 5.54 Å². The number of nitrogens with one attached hydrogen (secondary N) is 1. The van der Waals surface area contributed by atoms with E-state index in [2.05, 4.69) is 19.2 Å². The van der Waals surface area contributed by atoms with Crippen molar-refractivity contribution in [2.45, 2.75) is 71.4 Å². The Morgan fingerprint density at radius 1 is 1.40 bits per heavy atom. The Kier molecular flexibility index (Phi) is 3.64. The van der Waals surface area contributed by atoms with Crippen LogP contribution in [0.5, 0.6) is 0 Å². The van der Waals surface area contributed by atoms with Gasteiger partial charge in [0, 0.05) is 6.42 Å². The monoisotopic (exact) mass is 281 g/mol. The molecule has 20 heavy (non-hydrogen) atoms. The molecule has 0 heterocycles. The largest absolute Gasteiger partial charge is 0.444 e. The zero-order valence-electron chi connectivity index (χ0n) is 13.3. The molecule has 0 saturated heterocycles. The number of fused-ring (bicyclic) bond motifs is 1. The first kappa shape index (κ1) is 15.3. The molecule has 0 spiro atoms. The average molecular weight is 281 g/mol. The van der Waals surface area contributed by atoms with Crippen LogP contribution in [0.3, 0.4) is 0 Å². The van der Waals surface area contributed by atoms with Crippen LogP contribution in [0.2, 0.25) is 0 Å². The highest BCUT2D eigenvalue weighted by atomic mass is 16.6. The lowest BCUT2D eigenvalue weighted by atomic mass is 9.88. The summed E-state index contributed by atoms with van der Waals surface area (Å²) in [6.07, 6.45) is 4.03. The summed E-state index contributed by atoms with van der Waals surface area (Å²) in [5.74, 6) is 1.02. The molecule has 0 aromatic heterocycles. The van der Waals surface area contributed by atoms with Gasteiger partial charge >= 0.3 is 6.09 Å². The number of carbonyl (C=O) groups is 2. The second-order valence-electron chi connectivity index (χ2n) is 7.80. The van der Waals surface area contributed by atoms with Crippen molar-refractivity contribution in [3.05, 3.63) is 0 Å². The molecular formula is C16H27NO3. The molecule has 0 aromatic carbocycles. The average Bonchev–Trinajstić information content (AvgIpc) is 2.94. The van der Waals surface area contributed by atoms with Crippen LogP contribution in [-0.4, -0.2) is 23.5 Å². The van der Waals surface area contributed by atoms with E-state index in [-0.39, 0.29) is 5.54 Å². The number of aldehydes is 1. The maximum atomic E-state index is 12.1. The van der Waals surface area contributed by atoms with Gasteiger partial charge in [0.15, 0.2) is 0 Å². The Morgan fingerprint density at radius 2 is 2.05 bits per heavy atom. The molecular weight excluding hydrogens is 254 g/mol. The second-order valence-corrected chi connectivity index (χ2v) is 7.80. The third kappa shape index (κ3) is 2.57. The Balaban J connectivity index is 2.10. The van der Waals surface area contributed by atoms with Crippen molar-refractivity contribution in [3.8, 4) is 0 Å². The van der Waals surface area contributed by atoms with Gasteiger partial charge in [0.1, 0.15) is 11.9 Å². The van der Waals surface area contributed by atoms with Crippen molar-refractivity contribution in [2.75, 3.05) is 0 Å². The van der Waals surface area contributed by atoms with E-state index in [9.17, 15) is 9.59 Å². The van der Waals surface area contributed by atoms with Gasteiger partial charge in [-0.05, 0) is 57.3 Å². The summed E-state index contributed by atoms with van der Waals surface area (Å²) in [5, 5.41) is 3.03. The lowest BCUT2D eigenvalue weighted by molar-refractivity contribution is -0.109. The highest BCUT2D eigenvalue weighted by Crippen LogP contribution is 2.71. The number of alkyl carbamates (subject to hydrolysis) is 1. The maximum absolute atomic E-state index is 12.1. The molecule has 2 aliphatic carbocycles. The number of amides is 1. The van der Waals surface area contributed by atoms with Crippen LogP contribution in [-0.2, 0) is 9.53 Å².